The van der Waals surface area contributed by atoms with E-state index in [0.717, 1.165) is 10.9 Å². The number of nitrogens with zero attached hydrogens (tertiary/aromatic N) is 3. The first kappa shape index (κ1) is 17.4. The molecular weight excluding hydrogens is 368 g/mol. The summed E-state index contributed by atoms with van der Waals surface area (Å²) in [6.45, 7) is 2.10. The Balaban J connectivity index is 1.51. The third kappa shape index (κ3) is 3.21. The van der Waals surface area contributed by atoms with Crippen LogP contribution in [0.5, 0.6) is 0 Å². The number of hydrogen-bond donors (Lipinski definition) is 1. The summed E-state index contributed by atoms with van der Waals surface area (Å²) < 4.78 is 0. The number of aromatic amines is 1. The summed E-state index contributed by atoms with van der Waals surface area (Å²) in [6, 6.07) is 12.1. The van der Waals surface area contributed by atoms with Crippen LogP contribution >= 0.6 is 11.6 Å². The number of nitro benzene ring substituents is 1. The van der Waals surface area contributed by atoms with Crippen molar-refractivity contribution in [1.82, 2.24) is 9.88 Å². The number of halogens is 1. The third-order valence-electron chi connectivity index (χ3n) is 4.86. The van der Waals surface area contributed by atoms with Crippen LogP contribution in [0.15, 0.2) is 48.7 Å². The van der Waals surface area contributed by atoms with Gasteiger partial charge in [0.1, 0.15) is 5.69 Å². The van der Waals surface area contributed by atoms with E-state index in [1.54, 1.807) is 41.4 Å². The number of fused-ring (bicyclic) bond motifs is 1. The number of hydrogen-bond acceptors (Lipinski definition) is 4. The van der Waals surface area contributed by atoms with E-state index in [0.29, 0.717) is 42.5 Å². The SMILES string of the molecule is O=C(c1c[nH]c2cc(Cl)ccc12)N1CCN(c2ccccc2[N+](=O)[O-])CC1. The van der Waals surface area contributed by atoms with Crippen LogP contribution in [-0.4, -0.2) is 46.9 Å². The van der Waals surface area contributed by atoms with Crippen LogP contribution in [0.3, 0.4) is 0 Å². The van der Waals surface area contributed by atoms with Crippen molar-refractivity contribution in [3.05, 3.63) is 69.4 Å². The molecule has 27 heavy (non-hydrogen) atoms. The number of H-pyrrole nitrogens is 1. The van der Waals surface area contributed by atoms with Crippen LogP contribution in [0.1, 0.15) is 10.4 Å². The van der Waals surface area contributed by atoms with Gasteiger partial charge in [-0.15, -0.1) is 0 Å². The molecule has 2 heterocycles. The van der Waals surface area contributed by atoms with Crippen LogP contribution in [0.4, 0.5) is 11.4 Å². The van der Waals surface area contributed by atoms with Crippen molar-refractivity contribution < 1.29 is 9.72 Å². The van der Waals surface area contributed by atoms with Crippen molar-refractivity contribution in [2.45, 2.75) is 0 Å². The smallest absolute Gasteiger partial charge is 0.292 e. The van der Waals surface area contributed by atoms with Crippen LogP contribution in [0.25, 0.3) is 10.9 Å². The molecule has 0 unspecified atom stereocenters. The Labute approximate surface area is 160 Å². The quantitative estimate of drug-likeness (QED) is 0.551. The van der Waals surface area contributed by atoms with E-state index < -0.39 is 0 Å². The molecule has 0 radical (unpaired) electrons. The minimum Gasteiger partial charge on any atom is -0.362 e. The van der Waals surface area contributed by atoms with E-state index in [9.17, 15) is 14.9 Å². The van der Waals surface area contributed by atoms with Crippen LogP contribution < -0.4 is 4.90 Å². The molecule has 0 aliphatic carbocycles. The average Bonchev–Trinajstić information content (AvgIpc) is 3.10. The van der Waals surface area contributed by atoms with Gasteiger partial charge < -0.3 is 14.8 Å². The van der Waals surface area contributed by atoms with E-state index in [-0.39, 0.29) is 16.5 Å². The first-order valence-corrected chi connectivity index (χ1v) is 8.96. The van der Waals surface area contributed by atoms with E-state index in [2.05, 4.69) is 4.98 Å². The minimum atomic E-state index is -0.371. The lowest BCUT2D eigenvalue weighted by Gasteiger charge is -2.35. The maximum absolute atomic E-state index is 12.9. The number of carbonyl (C=O) groups excluding carboxylic acids is 1. The molecule has 1 saturated heterocycles. The highest BCUT2D eigenvalue weighted by atomic mass is 35.5. The summed E-state index contributed by atoms with van der Waals surface area (Å²) in [5.41, 5.74) is 2.12. The summed E-state index contributed by atoms with van der Waals surface area (Å²) in [5.74, 6) is -0.0502. The standard InChI is InChI=1S/C19H17ClN4O3/c20-13-5-6-14-15(12-21-16(14)11-13)19(25)23-9-7-22(8-10-23)17-3-1-2-4-18(17)24(26)27/h1-6,11-12,21H,7-10H2. The van der Waals surface area contributed by atoms with Crippen molar-refractivity contribution in [2.24, 2.45) is 0 Å². The van der Waals surface area contributed by atoms with Crippen molar-refractivity contribution in [2.75, 3.05) is 31.1 Å². The van der Waals surface area contributed by atoms with Gasteiger partial charge in [0.15, 0.2) is 0 Å². The van der Waals surface area contributed by atoms with Gasteiger partial charge in [0.25, 0.3) is 11.6 Å². The maximum Gasteiger partial charge on any atom is 0.292 e. The third-order valence-corrected chi connectivity index (χ3v) is 5.10. The highest BCUT2D eigenvalue weighted by molar-refractivity contribution is 6.31. The van der Waals surface area contributed by atoms with Gasteiger partial charge in [0.05, 0.1) is 10.5 Å². The summed E-state index contributed by atoms with van der Waals surface area (Å²) >= 11 is 6.00. The number of carbonyl (C=O) groups is 1. The lowest BCUT2D eigenvalue weighted by atomic mass is 10.1. The monoisotopic (exact) mass is 384 g/mol. The van der Waals surface area contributed by atoms with E-state index >= 15 is 0 Å². The molecule has 0 saturated carbocycles. The average molecular weight is 385 g/mol. The number of para-hydroxylation sites is 2. The zero-order valence-corrected chi connectivity index (χ0v) is 15.1. The van der Waals surface area contributed by atoms with Gasteiger partial charge in [-0.05, 0) is 18.2 Å². The second-order valence-corrected chi connectivity index (χ2v) is 6.85. The van der Waals surface area contributed by atoms with Gasteiger partial charge in [0.2, 0.25) is 0 Å². The molecule has 0 bridgehead atoms. The fraction of sp³-hybridized carbons (Fsp3) is 0.211. The molecular formula is C19H17ClN4O3. The summed E-state index contributed by atoms with van der Waals surface area (Å²) in [6.07, 6.45) is 1.71. The van der Waals surface area contributed by atoms with Crippen molar-refractivity contribution in [1.29, 1.82) is 0 Å². The number of anilines is 1. The Morgan fingerprint density at radius 2 is 1.85 bits per heavy atom. The molecule has 1 aromatic heterocycles. The summed E-state index contributed by atoms with van der Waals surface area (Å²) in [4.78, 5) is 30.6. The highest BCUT2D eigenvalue weighted by Crippen LogP contribution is 2.29. The maximum atomic E-state index is 12.9. The predicted molar refractivity (Wildman–Crippen MR) is 105 cm³/mol. The molecule has 1 aliphatic rings. The summed E-state index contributed by atoms with van der Waals surface area (Å²) in [5, 5.41) is 12.7. The molecule has 0 atom stereocenters. The first-order chi connectivity index (χ1) is 13.0. The number of aromatic nitrogens is 1. The minimum absolute atomic E-state index is 0.0502. The molecule has 7 nitrogen and oxygen atoms in total. The first-order valence-electron chi connectivity index (χ1n) is 8.59. The Bertz CT molecular complexity index is 1020. The van der Waals surface area contributed by atoms with Gasteiger partial charge in [0, 0.05) is 54.4 Å². The Morgan fingerprint density at radius 3 is 2.59 bits per heavy atom. The number of benzene rings is 2. The van der Waals surface area contributed by atoms with E-state index in [1.165, 1.54) is 6.07 Å². The van der Waals surface area contributed by atoms with Gasteiger partial charge in [-0.25, -0.2) is 0 Å². The Morgan fingerprint density at radius 1 is 1.11 bits per heavy atom. The second kappa shape index (κ2) is 6.92. The van der Waals surface area contributed by atoms with Gasteiger partial charge >= 0.3 is 0 Å². The van der Waals surface area contributed by atoms with Crippen LogP contribution in [0, 0.1) is 10.1 Å². The number of nitro groups is 1. The molecule has 1 aliphatic heterocycles. The topological polar surface area (TPSA) is 82.5 Å². The lowest BCUT2D eigenvalue weighted by molar-refractivity contribution is -0.384. The number of amides is 1. The Hall–Kier alpha value is -3.06. The lowest BCUT2D eigenvalue weighted by Crippen LogP contribution is -2.48. The zero-order valence-electron chi connectivity index (χ0n) is 14.4. The molecule has 0 spiro atoms. The molecule has 1 fully saturated rings. The van der Waals surface area contributed by atoms with E-state index in [4.69, 9.17) is 11.6 Å². The fourth-order valence-corrected chi connectivity index (χ4v) is 3.65. The molecule has 138 valence electrons. The van der Waals surface area contributed by atoms with Crippen LogP contribution in [0.2, 0.25) is 5.02 Å². The summed E-state index contributed by atoms with van der Waals surface area (Å²) in [7, 11) is 0. The largest absolute Gasteiger partial charge is 0.362 e. The number of rotatable bonds is 3. The fourth-order valence-electron chi connectivity index (χ4n) is 3.48. The number of piperazine rings is 1. The normalized spacial score (nSPS) is 14.6. The van der Waals surface area contributed by atoms with Crippen molar-refractivity contribution in [3.8, 4) is 0 Å². The highest BCUT2D eigenvalue weighted by Gasteiger charge is 2.27. The molecule has 1 amide bonds. The van der Waals surface area contributed by atoms with E-state index in [1.807, 2.05) is 11.0 Å². The van der Waals surface area contributed by atoms with Crippen molar-refractivity contribution in [3.63, 3.8) is 0 Å². The molecule has 3 aromatic rings. The van der Waals surface area contributed by atoms with Gasteiger partial charge in [-0.1, -0.05) is 29.8 Å². The second-order valence-electron chi connectivity index (χ2n) is 6.42. The van der Waals surface area contributed by atoms with Crippen molar-refractivity contribution >= 4 is 39.8 Å². The molecule has 1 N–H and O–H groups in total. The molecule has 4 rings (SSSR count). The van der Waals surface area contributed by atoms with Gasteiger partial charge in [-0.2, -0.15) is 0 Å². The molecule has 8 heteroatoms. The Kier molecular flexibility index (Phi) is 4.45. The van der Waals surface area contributed by atoms with Gasteiger partial charge in [-0.3, -0.25) is 14.9 Å². The van der Waals surface area contributed by atoms with Crippen LogP contribution in [-0.2, 0) is 0 Å². The molecule has 2 aromatic carbocycles. The number of nitrogens with one attached hydrogen (secondary N) is 1. The predicted octanol–water partition coefficient (Wildman–Crippen LogP) is 3.69. The zero-order chi connectivity index (χ0) is 19.0.